The lowest BCUT2D eigenvalue weighted by Crippen LogP contribution is -2.26. The van der Waals surface area contributed by atoms with Crippen LogP contribution < -0.4 is 5.73 Å². The molecular weight excluding hydrogens is 126 g/mol. The molecule has 0 aliphatic heterocycles. The third kappa shape index (κ3) is 1.46. The lowest BCUT2D eigenvalue weighted by Gasteiger charge is -2.17. The highest BCUT2D eigenvalue weighted by atomic mass is 16.3. The van der Waals surface area contributed by atoms with E-state index < -0.39 is 0 Å². The fourth-order valence-electron chi connectivity index (χ4n) is 1.02. The van der Waals surface area contributed by atoms with Crippen molar-refractivity contribution in [3.63, 3.8) is 0 Å². The second kappa shape index (κ2) is 2.99. The fraction of sp³-hybridized carbons (Fsp3) is 0.500. The first-order valence-electron chi connectivity index (χ1n) is 3.49. The van der Waals surface area contributed by atoms with E-state index in [4.69, 9.17) is 10.8 Å². The molecule has 0 bridgehead atoms. The van der Waals surface area contributed by atoms with Crippen LogP contribution in [0.2, 0.25) is 0 Å². The zero-order valence-corrected chi connectivity index (χ0v) is 6.12. The second-order valence-electron chi connectivity index (χ2n) is 2.70. The summed E-state index contributed by atoms with van der Waals surface area (Å²) in [4.78, 5) is 0. The summed E-state index contributed by atoms with van der Waals surface area (Å²) in [6.45, 7) is 2.16. The number of rotatable bonds is 1. The van der Waals surface area contributed by atoms with E-state index in [0.29, 0.717) is 5.92 Å². The van der Waals surface area contributed by atoms with Crippen LogP contribution in [0.5, 0.6) is 0 Å². The molecule has 0 aromatic rings. The van der Waals surface area contributed by atoms with Gasteiger partial charge in [-0.25, -0.2) is 0 Å². The first-order valence-corrected chi connectivity index (χ1v) is 3.49. The molecule has 0 aromatic heterocycles. The van der Waals surface area contributed by atoms with Gasteiger partial charge >= 0.3 is 0 Å². The molecule has 10 heavy (non-hydrogen) atoms. The van der Waals surface area contributed by atoms with Gasteiger partial charge in [-0.3, -0.25) is 0 Å². The van der Waals surface area contributed by atoms with Crippen molar-refractivity contribution < 1.29 is 5.11 Å². The topological polar surface area (TPSA) is 46.2 Å². The van der Waals surface area contributed by atoms with Crippen molar-refractivity contribution in [1.82, 2.24) is 0 Å². The standard InChI is InChI=1S/C8H13NO/c1-6-4-7(5-10)2-3-8(6)9/h2-4,6,8,10H,5,9H2,1H3. The Labute approximate surface area is 61.0 Å². The van der Waals surface area contributed by atoms with Gasteiger partial charge in [-0.2, -0.15) is 0 Å². The molecule has 0 radical (unpaired) electrons. The molecule has 0 fully saturated rings. The second-order valence-corrected chi connectivity index (χ2v) is 2.70. The SMILES string of the molecule is CC1C=C(CO)C=CC1N. The van der Waals surface area contributed by atoms with Crippen LogP contribution in [0.1, 0.15) is 6.92 Å². The smallest absolute Gasteiger partial charge is 0.0678 e. The summed E-state index contributed by atoms with van der Waals surface area (Å²) >= 11 is 0. The van der Waals surface area contributed by atoms with E-state index in [1.165, 1.54) is 0 Å². The normalized spacial score (nSPS) is 32.1. The van der Waals surface area contributed by atoms with Gasteiger partial charge < -0.3 is 10.8 Å². The van der Waals surface area contributed by atoms with Gasteiger partial charge in [0.25, 0.3) is 0 Å². The van der Waals surface area contributed by atoms with Crippen LogP contribution in [0.4, 0.5) is 0 Å². The first kappa shape index (κ1) is 7.51. The minimum Gasteiger partial charge on any atom is -0.392 e. The van der Waals surface area contributed by atoms with Gasteiger partial charge in [0, 0.05) is 6.04 Å². The van der Waals surface area contributed by atoms with Crippen molar-refractivity contribution in [2.45, 2.75) is 13.0 Å². The molecule has 0 spiro atoms. The van der Waals surface area contributed by atoms with Gasteiger partial charge in [-0.1, -0.05) is 25.2 Å². The molecule has 1 aliphatic carbocycles. The lowest BCUT2D eigenvalue weighted by atomic mass is 9.94. The van der Waals surface area contributed by atoms with E-state index in [1.54, 1.807) is 0 Å². The summed E-state index contributed by atoms with van der Waals surface area (Å²) in [5.41, 5.74) is 6.65. The number of hydrogen-bond donors (Lipinski definition) is 2. The van der Waals surface area contributed by atoms with Crippen molar-refractivity contribution in [2.75, 3.05) is 6.61 Å². The highest BCUT2D eigenvalue weighted by Crippen LogP contribution is 2.14. The fourth-order valence-corrected chi connectivity index (χ4v) is 1.02. The maximum absolute atomic E-state index is 8.73. The molecule has 0 amide bonds. The molecule has 2 unspecified atom stereocenters. The minimum absolute atomic E-state index is 0.119. The van der Waals surface area contributed by atoms with Crippen LogP contribution in [0.15, 0.2) is 23.8 Å². The monoisotopic (exact) mass is 139 g/mol. The molecule has 0 heterocycles. The van der Waals surface area contributed by atoms with Gasteiger partial charge in [0.05, 0.1) is 6.61 Å². The van der Waals surface area contributed by atoms with E-state index in [2.05, 4.69) is 0 Å². The van der Waals surface area contributed by atoms with Gasteiger partial charge in [-0.05, 0) is 11.5 Å². The van der Waals surface area contributed by atoms with Crippen molar-refractivity contribution in [3.05, 3.63) is 23.8 Å². The van der Waals surface area contributed by atoms with E-state index in [-0.39, 0.29) is 12.6 Å². The van der Waals surface area contributed by atoms with Crippen LogP contribution in [0.3, 0.4) is 0 Å². The summed E-state index contributed by atoms with van der Waals surface area (Å²) < 4.78 is 0. The van der Waals surface area contributed by atoms with E-state index >= 15 is 0 Å². The predicted molar refractivity (Wildman–Crippen MR) is 41.4 cm³/mol. The van der Waals surface area contributed by atoms with Crippen molar-refractivity contribution >= 4 is 0 Å². The van der Waals surface area contributed by atoms with Gasteiger partial charge in [0.2, 0.25) is 0 Å². The minimum atomic E-state index is 0.119. The third-order valence-electron chi connectivity index (χ3n) is 1.80. The van der Waals surface area contributed by atoms with E-state index in [1.807, 2.05) is 25.2 Å². The summed E-state index contributed by atoms with van der Waals surface area (Å²) in [7, 11) is 0. The average molecular weight is 139 g/mol. The van der Waals surface area contributed by atoms with Crippen LogP contribution >= 0.6 is 0 Å². The molecule has 2 atom stereocenters. The molecule has 0 aromatic carbocycles. The maximum atomic E-state index is 8.73. The number of nitrogens with two attached hydrogens (primary N) is 1. The lowest BCUT2D eigenvalue weighted by molar-refractivity contribution is 0.332. The predicted octanol–water partition coefficient (Wildman–Crippen LogP) is 0.438. The molecule has 3 N–H and O–H groups in total. The highest BCUT2D eigenvalue weighted by Gasteiger charge is 2.10. The molecule has 2 nitrogen and oxygen atoms in total. The molecular formula is C8H13NO. The Hall–Kier alpha value is -0.600. The van der Waals surface area contributed by atoms with Crippen LogP contribution in [-0.2, 0) is 0 Å². The van der Waals surface area contributed by atoms with Gasteiger partial charge in [-0.15, -0.1) is 0 Å². The molecule has 1 rings (SSSR count). The molecule has 0 saturated heterocycles. The Balaban J connectivity index is 2.66. The van der Waals surface area contributed by atoms with Crippen LogP contribution in [-0.4, -0.2) is 17.8 Å². The number of aliphatic hydroxyl groups is 1. The molecule has 1 aliphatic rings. The van der Waals surface area contributed by atoms with Crippen LogP contribution in [0.25, 0.3) is 0 Å². The van der Waals surface area contributed by atoms with Crippen molar-refractivity contribution in [1.29, 1.82) is 0 Å². The Morgan fingerprint density at radius 3 is 2.90 bits per heavy atom. The number of aliphatic hydroxyl groups excluding tert-OH is 1. The quantitative estimate of drug-likeness (QED) is 0.553. The van der Waals surface area contributed by atoms with E-state index in [9.17, 15) is 0 Å². The molecule has 56 valence electrons. The van der Waals surface area contributed by atoms with Gasteiger partial charge in [0.1, 0.15) is 0 Å². The van der Waals surface area contributed by atoms with Crippen molar-refractivity contribution in [3.8, 4) is 0 Å². The Bertz CT molecular complexity index is 172. The molecule has 2 heteroatoms. The summed E-state index contributed by atoms with van der Waals surface area (Å²) in [6, 6.07) is 0.121. The van der Waals surface area contributed by atoms with E-state index in [0.717, 1.165) is 5.57 Å². The van der Waals surface area contributed by atoms with Crippen molar-refractivity contribution in [2.24, 2.45) is 11.7 Å². The third-order valence-corrected chi connectivity index (χ3v) is 1.80. The Morgan fingerprint density at radius 2 is 2.40 bits per heavy atom. The number of hydrogen-bond acceptors (Lipinski definition) is 2. The molecule has 0 saturated carbocycles. The van der Waals surface area contributed by atoms with Crippen LogP contribution in [0, 0.1) is 5.92 Å². The Kier molecular flexibility index (Phi) is 2.25. The summed E-state index contributed by atoms with van der Waals surface area (Å²) in [5, 5.41) is 8.73. The van der Waals surface area contributed by atoms with Gasteiger partial charge in [0.15, 0.2) is 0 Å². The largest absolute Gasteiger partial charge is 0.392 e. The average Bonchev–Trinajstić information content (AvgIpc) is 1.95. The Morgan fingerprint density at radius 1 is 1.70 bits per heavy atom. The zero-order chi connectivity index (χ0) is 7.56. The zero-order valence-electron chi connectivity index (χ0n) is 6.12. The summed E-state index contributed by atoms with van der Waals surface area (Å²) in [6.07, 6.45) is 5.81. The highest BCUT2D eigenvalue weighted by molar-refractivity contribution is 5.26. The maximum Gasteiger partial charge on any atom is 0.0678 e. The summed E-state index contributed by atoms with van der Waals surface area (Å²) in [5.74, 6) is 0.354. The first-order chi connectivity index (χ1) is 4.74.